The molecular formula is C21H30Cl4N2O4. The predicted molar refractivity (Wildman–Crippen MR) is 130 cm³/mol. The molecule has 1 rings (SSSR count). The van der Waals surface area contributed by atoms with E-state index in [4.69, 9.17) is 65.5 Å². The van der Waals surface area contributed by atoms with Crippen LogP contribution >= 0.6 is 46.4 Å². The molecule has 0 aromatic heterocycles. The minimum atomic E-state index is -0.309. The van der Waals surface area contributed by atoms with Gasteiger partial charge in [-0.3, -0.25) is 0 Å². The number of ether oxygens (including phenoxy) is 3. The van der Waals surface area contributed by atoms with Gasteiger partial charge in [-0.05, 0) is 40.8 Å². The number of hydrogen-bond acceptors (Lipinski definition) is 6. The molecule has 0 fully saturated rings. The average Bonchev–Trinajstić information content (AvgIpc) is 2.65. The lowest BCUT2D eigenvalue weighted by molar-refractivity contribution is -0.000730. The van der Waals surface area contributed by atoms with Crippen LogP contribution in [-0.4, -0.2) is 62.8 Å². The second-order valence-electron chi connectivity index (χ2n) is 7.76. The van der Waals surface area contributed by atoms with Crippen LogP contribution in [-0.2, 0) is 9.57 Å². The highest BCUT2D eigenvalue weighted by Gasteiger charge is 2.12. The van der Waals surface area contributed by atoms with Crippen LogP contribution in [0.15, 0.2) is 27.9 Å². The molecular weight excluding hydrogens is 486 g/mol. The first-order valence-corrected chi connectivity index (χ1v) is 11.2. The molecule has 0 heterocycles. The van der Waals surface area contributed by atoms with E-state index in [0.29, 0.717) is 47.9 Å². The van der Waals surface area contributed by atoms with Crippen LogP contribution in [0.3, 0.4) is 0 Å². The van der Waals surface area contributed by atoms with Crippen LogP contribution in [0.5, 0.6) is 11.5 Å². The molecule has 1 aromatic carbocycles. The second-order valence-corrected chi connectivity index (χ2v) is 9.58. The molecule has 0 aliphatic heterocycles. The van der Waals surface area contributed by atoms with Gasteiger partial charge in [0.2, 0.25) is 0 Å². The van der Waals surface area contributed by atoms with Crippen molar-refractivity contribution in [2.45, 2.75) is 33.3 Å². The van der Waals surface area contributed by atoms with Gasteiger partial charge in [0.25, 0.3) is 0 Å². The van der Waals surface area contributed by atoms with Crippen molar-refractivity contribution in [1.29, 1.82) is 0 Å². The molecule has 1 aromatic rings. The molecule has 0 bridgehead atoms. The monoisotopic (exact) mass is 514 g/mol. The van der Waals surface area contributed by atoms with Crippen LogP contribution in [0, 0.1) is 0 Å². The zero-order valence-corrected chi connectivity index (χ0v) is 21.5. The number of likely N-dealkylation sites (N-methyl/N-ethyl adjacent to an activating group) is 1. The number of nitrogens with zero attached hydrogens (tertiary/aromatic N) is 2. The number of halogens is 4. The van der Waals surface area contributed by atoms with Gasteiger partial charge in [-0.25, -0.2) is 0 Å². The Hall–Kier alpha value is -0.890. The van der Waals surface area contributed by atoms with Gasteiger partial charge >= 0.3 is 0 Å². The smallest absolute Gasteiger partial charge is 0.156 e. The summed E-state index contributed by atoms with van der Waals surface area (Å²) in [5.74, 6) is 0.908. The van der Waals surface area contributed by atoms with Gasteiger partial charge < -0.3 is 23.9 Å². The minimum absolute atomic E-state index is 0.129. The van der Waals surface area contributed by atoms with Crippen LogP contribution in [0.25, 0.3) is 0 Å². The third-order valence-electron chi connectivity index (χ3n) is 3.58. The molecule has 31 heavy (non-hydrogen) atoms. The SMILES string of the molecule is CC(COCCN(C)CCOc1c(Cl)cc(OCC=C(Cl)Cl)cc1Cl)=NOC(C)(C)C. The maximum atomic E-state index is 6.27. The summed E-state index contributed by atoms with van der Waals surface area (Å²) in [7, 11) is 1.98. The summed E-state index contributed by atoms with van der Waals surface area (Å²) in [6.45, 7) is 10.7. The first kappa shape index (κ1) is 28.1. The summed E-state index contributed by atoms with van der Waals surface area (Å²) in [5.41, 5.74) is 0.482. The van der Waals surface area contributed by atoms with E-state index in [0.717, 1.165) is 12.3 Å². The summed E-state index contributed by atoms with van der Waals surface area (Å²) in [5, 5.41) is 4.78. The van der Waals surface area contributed by atoms with Crippen molar-refractivity contribution < 1.29 is 19.0 Å². The zero-order valence-electron chi connectivity index (χ0n) is 18.5. The Labute approximate surface area is 204 Å². The molecule has 0 unspecified atom stereocenters. The molecule has 0 saturated heterocycles. The third kappa shape index (κ3) is 13.3. The summed E-state index contributed by atoms with van der Waals surface area (Å²) >= 11 is 23.6. The molecule has 0 saturated carbocycles. The van der Waals surface area contributed by atoms with E-state index in [1.165, 1.54) is 6.08 Å². The highest BCUT2D eigenvalue weighted by atomic mass is 35.5. The Morgan fingerprint density at radius 3 is 2.26 bits per heavy atom. The van der Waals surface area contributed by atoms with Crippen molar-refractivity contribution >= 4 is 52.1 Å². The fourth-order valence-corrected chi connectivity index (χ4v) is 2.76. The van der Waals surface area contributed by atoms with Gasteiger partial charge in [0.05, 0.1) is 29.0 Å². The molecule has 10 heteroatoms. The molecule has 0 radical (unpaired) electrons. The van der Waals surface area contributed by atoms with E-state index in [1.54, 1.807) is 12.1 Å². The van der Waals surface area contributed by atoms with Crippen LogP contribution in [0.4, 0.5) is 0 Å². The lowest BCUT2D eigenvalue weighted by Gasteiger charge is -2.18. The standard InChI is InChI=1S/C21H30Cl4N2O4/c1-15(26-31-21(2,3)4)14-28-10-7-27(5)8-11-30-20-17(22)12-16(13-18(20)23)29-9-6-19(24)25/h6,12-13H,7-11,14H2,1-5H3. The van der Waals surface area contributed by atoms with Crippen LogP contribution in [0.1, 0.15) is 27.7 Å². The molecule has 0 atom stereocenters. The van der Waals surface area contributed by atoms with Gasteiger partial charge in [0.1, 0.15) is 29.1 Å². The van der Waals surface area contributed by atoms with Gasteiger partial charge in [-0.1, -0.05) is 51.6 Å². The van der Waals surface area contributed by atoms with E-state index in [-0.39, 0.29) is 16.7 Å². The summed E-state index contributed by atoms with van der Waals surface area (Å²) in [6, 6.07) is 3.26. The van der Waals surface area contributed by atoms with Crippen molar-refractivity contribution in [3.05, 3.63) is 32.7 Å². The van der Waals surface area contributed by atoms with Crippen LogP contribution < -0.4 is 9.47 Å². The molecule has 0 aliphatic rings. The van der Waals surface area contributed by atoms with Gasteiger partial charge in [0.15, 0.2) is 5.75 Å². The summed E-state index contributed by atoms with van der Waals surface area (Å²) in [6.07, 6.45) is 1.52. The van der Waals surface area contributed by atoms with Gasteiger partial charge in [0, 0.05) is 25.2 Å². The van der Waals surface area contributed by atoms with Crippen molar-refractivity contribution in [3.8, 4) is 11.5 Å². The lowest BCUT2D eigenvalue weighted by Crippen LogP contribution is -2.28. The van der Waals surface area contributed by atoms with E-state index in [1.807, 2.05) is 34.7 Å². The second kappa shape index (κ2) is 14.3. The van der Waals surface area contributed by atoms with E-state index in [9.17, 15) is 0 Å². The fraction of sp³-hybridized carbons (Fsp3) is 0.571. The fourth-order valence-electron chi connectivity index (χ4n) is 2.06. The Balaban J connectivity index is 2.34. The van der Waals surface area contributed by atoms with Gasteiger partial charge in [-0.2, -0.15) is 0 Å². The number of rotatable bonds is 13. The number of benzene rings is 1. The van der Waals surface area contributed by atoms with Crippen molar-refractivity contribution in [1.82, 2.24) is 4.90 Å². The summed E-state index contributed by atoms with van der Waals surface area (Å²) < 4.78 is 17.0. The third-order valence-corrected chi connectivity index (χ3v) is 4.45. The minimum Gasteiger partial charge on any atom is -0.489 e. The average molecular weight is 516 g/mol. The highest BCUT2D eigenvalue weighted by molar-refractivity contribution is 6.55. The van der Waals surface area contributed by atoms with Crippen LogP contribution in [0.2, 0.25) is 10.0 Å². The Bertz CT molecular complexity index is 724. The lowest BCUT2D eigenvalue weighted by atomic mass is 10.2. The molecule has 0 spiro atoms. The maximum absolute atomic E-state index is 6.27. The van der Waals surface area contributed by atoms with Crippen molar-refractivity contribution in [2.75, 3.05) is 46.6 Å². The first-order valence-electron chi connectivity index (χ1n) is 9.71. The molecule has 0 aliphatic carbocycles. The summed E-state index contributed by atoms with van der Waals surface area (Å²) in [4.78, 5) is 7.44. The quantitative estimate of drug-likeness (QED) is 0.177. The van der Waals surface area contributed by atoms with Gasteiger partial charge in [-0.15, -0.1) is 0 Å². The first-order chi connectivity index (χ1) is 14.5. The Kier molecular flexibility index (Phi) is 13.0. The Morgan fingerprint density at radius 1 is 1.06 bits per heavy atom. The Morgan fingerprint density at radius 2 is 1.68 bits per heavy atom. The largest absolute Gasteiger partial charge is 0.489 e. The van der Waals surface area contributed by atoms with Crippen molar-refractivity contribution in [3.63, 3.8) is 0 Å². The number of oxime groups is 1. The predicted octanol–water partition coefficient (Wildman–Crippen LogP) is 6.21. The number of hydrogen-bond donors (Lipinski definition) is 0. The van der Waals surface area contributed by atoms with E-state index in [2.05, 4.69) is 10.1 Å². The molecule has 0 amide bonds. The molecule has 0 N–H and O–H groups in total. The van der Waals surface area contributed by atoms with E-state index >= 15 is 0 Å². The maximum Gasteiger partial charge on any atom is 0.156 e. The topological polar surface area (TPSA) is 52.5 Å². The molecule has 6 nitrogen and oxygen atoms in total. The van der Waals surface area contributed by atoms with Crippen molar-refractivity contribution in [2.24, 2.45) is 5.16 Å². The highest BCUT2D eigenvalue weighted by Crippen LogP contribution is 2.37. The molecule has 176 valence electrons. The van der Waals surface area contributed by atoms with E-state index < -0.39 is 0 Å². The normalized spacial score (nSPS) is 12.1. The zero-order chi connectivity index (χ0) is 23.4.